The zero-order valence-corrected chi connectivity index (χ0v) is 13.6. The first-order valence-corrected chi connectivity index (χ1v) is 7.70. The fourth-order valence-corrected chi connectivity index (χ4v) is 2.67. The van der Waals surface area contributed by atoms with E-state index in [4.69, 9.17) is 23.2 Å². The molecule has 0 spiro atoms. The summed E-state index contributed by atoms with van der Waals surface area (Å²) in [6, 6.07) is 10.6. The molecule has 112 valence electrons. The van der Waals surface area contributed by atoms with Crippen molar-refractivity contribution in [3.63, 3.8) is 0 Å². The van der Waals surface area contributed by atoms with E-state index in [1.54, 1.807) is 12.1 Å². The predicted molar refractivity (Wildman–Crippen MR) is 87.7 cm³/mol. The minimum atomic E-state index is -0.208. The minimum Gasteiger partial charge on any atom is -0.310 e. The van der Waals surface area contributed by atoms with E-state index in [-0.39, 0.29) is 11.9 Å². The lowest BCUT2D eigenvalue weighted by Gasteiger charge is -2.20. The van der Waals surface area contributed by atoms with E-state index >= 15 is 0 Å². The Kier molecular flexibility index (Phi) is 5.63. The molecule has 2 rings (SSSR count). The fraction of sp³-hybridized carbons (Fsp3) is 0.294. The van der Waals surface area contributed by atoms with Crippen molar-refractivity contribution < 1.29 is 4.39 Å². The van der Waals surface area contributed by atoms with Crippen molar-refractivity contribution in [3.05, 3.63) is 69.0 Å². The first kappa shape index (κ1) is 16.3. The van der Waals surface area contributed by atoms with Gasteiger partial charge in [-0.2, -0.15) is 0 Å². The molecule has 0 amide bonds. The van der Waals surface area contributed by atoms with Gasteiger partial charge in [0.05, 0.1) is 10.0 Å². The van der Waals surface area contributed by atoms with Crippen LogP contribution >= 0.6 is 23.2 Å². The third-order valence-corrected chi connectivity index (χ3v) is 4.27. The van der Waals surface area contributed by atoms with Crippen LogP contribution in [0.3, 0.4) is 0 Å². The van der Waals surface area contributed by atoms with Crippen LogP contribution in [0.25, 0.3) is 0 Å². The Hall–Kier alpha value is -1.09. The molecule has 1 nitrogen and oxygen atoms in total. The predicted octanol–water partition coefficient (Wildman–Crippen LogP) is 5.33. The molecular weight excluding hydrogens is 308 g/mol. The van der Waals surface area contributed by atoms with E-state index in [9.17, 15) is 4.39 Å². The molecule has 0 saturated heterocycles. The second kappa shape index (κ2) is 7.26. The van der Waals surface area contributed by atoms with Crippen LogP contribution in [-0.2, 0) is 6.42 Å². The van der Waals surface area contributed by atoms with Gasteiger partial charge in [-0.15, -0.1) is 0 Å². The third-order valence-electron chi connectivity index (χ3n) is 3.53. The average molecular weight is 326 g/mol. The van der Waals surface area contributed by atoms with Crippen LogP contribution < -0.4 is 5.32 Å². The summed E-state index contributed by atoms with van der Waals surface area (Å²) in [6.07, 6.45) is 0.704. The van der Waals surface area contributed by atoms with Crippen molar-refractivity contribution in [2.24, 2.45) is 0 Å². The maximum absolute atomic E-state index is 13.4. The maximum atomic E-state index is 13.4. The highest BCUT2D eigenvalue weighted by atomic mass is 35.5. The summed E-state index contributed by atoms with van der Waals surface area (Å²) in [4.78, 5) is 0. The summed E-state index contributed by atoms with van der Waals surface area (Å²) in [5.74, 6) is -0.208. The molecule has 0 radical (unpaired) electrons. The number of hydrogen-bond donors (Lipinski definition) is 1. The summed E-state index contributed by atoms with van der Waals surface area (Å²) in [5.41, 5.74) is 3.13. The number of halogens is 3. The third kappa shape index (κ3) is 4.19. The quantitative estimate of drug-likeness (QED) is 0.782. The molecule has 0 bridgehead atoms. The van der Waals surface area contributed by atoms with Gasteiger partial charge < -0.3 is 5.32 Å². The van der Waals surface area contributed by atoms with E-state index in [2.05, 4.69) is 5.32 Å². The zero-order valence-electron chi connectivity index (χ0n) is 12.1. The second-order valence-corrected chi connectivity index (χ2v) is 5.87. The Balaban J connectivity index is 2.30. The van der Waals surface area contributed by atoms with E-state index in [1.807, 2.05) is 32.0 Å². The zero-order chi connectivity index (χ0) is 15.4. The lowest BCUT2D eigenvalue weighted by Crippen LogP contribution is -2.23. The van der Waals surface area contributed by atoms with Gasteiger partial charge in [-0.05, 0) is 60.8 Å². The van der Waals surface area contributed by atoms with Crippen molar-refractivity contribution in [1.29, 1.82) is 0 Å². The van der Waals surface area contributed by atoms with Crippen LogP contribution in [0.2, 0.25) is 10.0 Å². The van der Waals surface area contributed by atoms with Crippen molar-refractivity contribution in [3.8, 4) is 0 Å². The largest absolute Gasteiger partial charge is 0.310 e. The van der Waals surface area contributed by atoms with E-state index < -0.39 is 0 Å². The first-order valence-electron chi connectivity index (χ1n) is 6.94. The van der Waals surface area contributed by atoms with Crippen molar-refractivity contribution in [2.75, 3.05) is 6.54 Å². The van der Waals surface area contributed by atoms with Crippen molar-refractivity contribution in [1.82, 2.24) is 5.32 Å². The van der Waals surface area contributed by atoms with Gasteiger partial charge in [0, 0.05) is 6.04 Å². The molecule has 1 atom stereocenters. The van der Waals surface area contributed by atoms with Gasteiger partial charge in [-0.25, -0.2) is 4.39 Å². The number of nitrogens with one attached hydrogen (secondary N) is 1. The smallest absolute Gasteiger partial charge is 0.123 e. The van der Waals surface area contributed by atoms with Crippen LogP contribution in [-0.4, -0.2) is 6.54 Å². The van der Waals surface area contributed by atoms with Crippen LogP contribution in [0, 0.1) is 12.7 Å². The highest BCUT2D eigenvalue weighted by molar-refractivity contribution is 6.42. The maximum Gasteiger partial charge on any atom is 0.123 e. The molecule has 2 aromatic rings. The number of likely N-dealkylation sites (N-methyl/N-ethyl adjacent to an activating group) is 1. The number of benzene rings is 2. The average Bonchev–Trinajstić information content (AvgIpc) is 2.45. The molecule has 0 aliphatic carbocycles. The SMILES string of the molecule is CCNC(Cc1cc(F)ccc1C)c1ccc(Cl)c(Cl)c1. The van der Waals surface area contributed by atoms with Crippen molar-refractivity contribution >= 4 is 23.2 Å². The van der Waals surface area contributed by atoms with Gasteiger partial charge in [0.15, 0.2) is 0 Å². The van der Waals surface area contributed by atoms with E-state index in [0.717, 1.165) is 23.2 Å². The standard InChI is InChI=1S/C17H18Cl2FN/c1-3-21-17(12-5-7-15(18)16(19)9-12)10-13-8-14(20)6-4-11(13)2/h4-9,17,21H,3,10H2,1-2H3. The van der Waals surface area contributed by atoms with Gasteiger partial charge in [0.25, 0.3) is 0 Å². The number of rotatable bonds is 5. The Morgan fingerprint density at radius 1 is 1.10 bits per heavy atom. The van der Waals surface area contributed by atoms with Gasteiger partial charge in [0.2, 0.25) is 0 Å². The molecule has 2 aromatic carbocycles. The lowest BCUT2D eigenvalue weighted by atomic mass is 9.96. The highest BCUT2D eigenvalue weighted by Gasteiger charge is 2.14. The molecule has 0 heterocycles. The molecule has 4 heteroatoms. The van der Waals surface area contributed by atoms with Crippen molar-refractivity contribution in [2.45, 2.75) is 26.3 Å². The Bertz CT molecular complexity index is 628. The summed E-state index contributed by atoms with van der Waals surface area (Å²) in [5, 5.41) is 4.49. The molecule has 21 heavy (non-hydrogen) atoms. The van der Waals surface area contributed by atoms with Gasteiger partial charge >= 0.3 is 0 Å². The van der Waals surface area contributed by atoms with Gasteiger partial charge in [0.1, 0.15) is 5.82 Å². The first-order chi connectivity index (χ1) is 10.0. The fourth-order valence-electron chi connectivity index (χ4n) is 2.36. The summed E-state index contributed by atoms with van der Waals surface area (Å²) in [6.45, 7) is 4.86. The van der Waals surface area contributed by atoms with E-state index in [1.165, 1.54) is 6.07 Å². The Morgan fingerprint density at radius 2 is 1.86 bits per heavy atom. The summed E-state index contributed by atoms with van der Waals surface area (Å²) in [7, 11) is 0. The van der Waals surface area contributed by atoms with Crippen LogP contribution in [0.4, 0.5) is 4.39 Å². The lowest BCUT2D eigenvalue weighted by molar-refractivity contribution is 0.545. The van der Waals surface area contributed by atoms with E-state index in [0.29, 0.717) is 16.5 Å². The number of aryl methyl sites for hydroxylation is 1. The molecule has 0 fully saturated rings. The molecule has 0 aliphatic rings. The second-order valence-electron chi connectivity index (χ2n) is 5.06. The molecule has 0 aromatic heterocycles. The normalized spacial score (nSPS) is 12.4. The molecule has 0 aliphatic heterocycles. The Morgan fingerprint density at radius 3 is 2.52 bits per heavy atom. The Labute approximate surface area is 135 Å². The van der Waals surface area contributed by atoms with Crippen LogP contribution in [0.15, 0.2) is 36.4 Å². The monoisotopic (exact) mass is 325 g/mol. The molecule has 1 unspecified atom stereocenters. The van der Waals surface area contributed by atoms with Gasteiger partial charge in [-0.3, -0.25) is 0 Å². The number of hydrogen-bond acceptors (Lipinski definition) is 1. The van der Waals surface area contributed by atoms with Crippen LogP contribution in [0.1, 0.15) is 29.7 Å². The molecule has 1 N–H and O–H groups in total. The molecular formula is C17H18Cl2FN. The van der Waals surface area contributed by atoms with Crippen LogP contribution in [0.5, 0.6) is 0 Å². The highest BCUT2D eigenvalue weighted by Crippen LogP contribution is 2.28. The molecule has 0 saturated carbocycles. The summed E-state index contributed by atoms with van der Waals surface area (Å²) < 4.78 is 13.4. The topological polar surface area (TPSA) is 12.0 Å². The van der Waals surface area contributed by atoms with Gasteiger partial charge in [-0.1, -0.05) is 42.3 Å². The minimum absolute atomic E-state index is 0.0743. The summed E-state index contributed by atoms with van der Waals surface area (Å²) >= 11 is 12.1.